The summed E-state index contributed by atoms with van der Waals surface area (Å²) in [4.78, 5) is 74.6. The van der Waals surface area contributed by atoms with Crippen LogP contribution in [-0.4, -0.2) is 118 Å². The number of aliphatic hydroxyl groups is 2. The number of amides is 2. The van der Waals surface area contributed by atoms with Crippen molar-refractivity contribution >= 4 is 64.9 Å². The van der Waals surface area contributed by atoms with Gasteiger partial charge in [0.15, 0.2) is 17.7 Å². The number of ether oxygens (including phenoxy) is 1. The zero-order valence-electron chi connectivity index (χ0n) is 30.9. The maximum Gasteiger partial charge on any atom is 0.481 e. The first-order valence-electron chi connectivity index (χ1n) is 17.7. The number of phosphoric ester groups is 3. The summed E-state index contributed by atoms with van der Waals surface area (Å²) in [6, 6.07) is 0. The van der Waals surface area contributed by atoms with E-state index in [1.165, 1.54) is 65.2 Å². The predicted octanol–water partition coefficient (Wildman–Crippen LogP) is 1.46. The predicted molar refractivity (Wildman–Crippen MR) is 200 cm³/mol. The van der Waals surface area contributed by atoms with Crippen molar-refractivity contribution in [2.24, 2.45) is 5.41 Å². The minimum absolute atomic E-state index is 0.0363. The molecule has 1 saturated carbocycles. The van der Waals surface area contributed by atoms with Crippen LogP contribution in [0, 0.1) is 5.41 Å². The third-order valence-corrected chi connectivity index (χ3v) is 11.8. The summed E-state index contributed by atoms with van der Waals surface area (Å²) in [6.45, 7) is 0.723. The Morgan fingerprint density at radius 1 is 0.982 bits per heavy atom. The average molecular weight is 880 g/mol. The quantitative estimate of drug-likeness (QED) is 0.0748. The molecule has 2 amide bonds. The van der Waals surface area contributed by atoms with Gasteiger partial charge in [-0.15, -0.1) is 0 Å². The summed E-state index contributed by atoms with van der Waals surface area (Å²) in [6.07, 6.45) is 5.26. The van der Waals surface area contributed by atoms with Gasteiger partial charge in [0.2, 0.25) is 11.8 Å². The van der Waals surface area contributed by atoms with E-state index in [-0.39, 0.29) is 35.9 Å². The number of rotatable bonds is 18. The summed E-state index contributed by atoms with van der Waals surface area (Å²) in [7, 11) is -16.3. The number of phosphoric acid groups is 3. The van der Waals surface area contributed by atoms with E-state index in [9.17, 15) is 53.1 Å². The Labute approximate surface area is 328 Å². The number of anilines is 1. The van der Waals surface area contributed by atoms with Crippen molar-refractivity contribution in [3.05, 3.63) is 12.7 Å². The molecule has 1 aliphatic carbocycles. The molecular formula is C29H52N7O16P3S. The van der Waals surface area contributed by atoms with E-state index in [0.717, 1.165) is 17.2 Å². The van der Waals surface area contributed by atoms with Crippen LogP contribution in [0.2, 0.25) is 0 Å². The van der Waals surface area contributed by atoms with Crippen LogP contribution in [0.25, 0.3) is 11.2 Å². The minimum atomic E-state index is -5.54. The summed E-state index contributed by atoms with van der Waals surface area (Å²) in [5, 5.41) is 26.1. The van der Waals surface area contributed by atoms with Gasteiger partial charge in [-0.05, 0) is 0 Å². The molecule has 2 aliphatic rings. The van der Waals surface area contributed by atoms with Gasteiger partial charge in [-0.3, -0.25) is 27.7 Å². The Balaban J connectivity index is 0.000000930. The maximum atomic E-state index is 12.6. The highest BCUT2D eigenvalue weighted by Gasteiger charge is 2.50. The molecule has 2 unspecified atom stereocenters. The number of aliphatic hydroxyl groups excluding tert-OH is 2. The minimum Gasteiger partial charge on any atom is -0.386 e. The highest BCUT2D eigenvalue weighted by atomic mass is 32.1. The number of nitrogens with two attached hydrogens (primary N) is 1. The van der Waals surface area contributed by atoms with E-state index in [1.54, 1.807) is 0 Å². The van der Waals surface area contributed by atoms with Crippen LogP contribution in [0.5, 0.6) is 0 Å². The van der Waals surface area contributed by atoms with Crippen molar-refractivity contribution in [2.75, 3.05) is 37.8 Å². The number of nitrogen functional groups attached to an aromatic ring is 1. The van der Waals surface area contributed by atoms with Crippen molar-refractivity contribution < 1.29 is 75.7 Å². The molecule has 4 rings (SSSR count). The van der Waals surface area contributed by atoms with Gasteiger partial charge in [0.05, 0.1) is 19.5 Å². The highest BCUT2D eigenvalue weighted by Crippen LogP contribution is 2.61. The molecule has 2 aromatic heterocycles. The van der Waals surface area contributed by atoms with Gasteiger partial charge >= 0.3 is 23.5 Å². The zero-order chi connectivity index (χ0) is 41.7. The second-order valence-electron chi connectivity index (χ2n) is 13.6. The number of nitrogens with zero attached hydrogens (tertiary/aromatic N) is 4. The van der Waals surface area contributed by atoms with Crippen molar-refractivity contribution in [1.29, 1.82) is 0 Å². The largest absolute Gasteiger partial charge is 0.481 e. The van der Waals surface area contributed by atoms with E-state index in [2.05, 4.69) is 47.0 Å². The number of carbonyl (C=O) groups is 2. The molecular weight excluding hydrogens is 827 g/mol. The second-order valence-corrected chi connectivity index (χ2v) is 18.3. The number of imidazole rings is 1. The van der Waals surface area contributed by atoms with Crippen LogP contribution in [0.1, 0.15) is 77.9 Å². The number of carbonyl (C=O) groups excluding carboxylic acids is 2. The number of aromatic nitrogens is 4. The maximum absolute atomic E-state index is 12.6. The topological polar surface area (TPSA) is 347 Å². The molecule has 10 N–H and O–H groups in total. The van der Waals surface area contributed by atoms with Gasteiger partial charge in [-0.1, -0.05) is 65.2 Å². The molecule has 0 bridgehead atoms. The molecule has 320 valence electrons. The fraction of sp³-hybridized carbons (Fsp3) is 0.759. The van der Waals surface area contributed by atoms with E-state index in [1.807, 2.05) is 0 Å². The van der Waals surface area contributed by atoms with Crippen molar-refractivity contribution in [3.8, 4) is 0 Å². The standard InChI is InChI=1S/C21H36N7O16P3S.C8H16/c1-21(2,16(31)19(32)24-4-3-12(29)23-5-6-48)8-41-47(38,39)44-46(36,37)40-7-11-15(43-45(33,34)35)14(30)20(42-11)28-10-27-13-17(22)25-9-26-18(13)28;1-2-4-6-8-7-5-3-1/h9-11,14-16,20,30-31,48H,3-8H2,1-2H3,(H,23,29)(H,24,32)(H,36,37)(H,38,39)(H2,22,25,26)(H2,33,34,35);1-8H2/t11-,14-,15-,16+,20-;/m1./s1. The molecule has 0 radical (unpaired) electrons. The SMILES string of the molecule is C1CCCCCCC1.CC(C)(COP(=O)(O)OP(=O)(O)OC[C@H]1O[C@@H](n2cnc3c(N)ncnc32)[C@H](O)[C@@H]1OP(=O)(O)O)[C@@H](O)C(=O)NCCC(=O)NCCS. The number of nitrogens with one attached hydrogen (secondary N) is 2. The van der Waals surface area contributed by atoms with E-state index < -0.39 is 78.6 Å². The summed E-state index contributed by atoms with van der Waals surface area (Å²) < 4.78 is 61.7. The third-order valence-electron chi connectivity index (χ3n) is 8.51. The first-order chi connectivity index (χ1) is 26.2. The fourth-order valence-electron chi connectivity index (χ4n) is 5.55. The molecule has 23 nitrogen and oxygen atoms in total. The van der Waals surface area contributed by atoms with Gasteiger partial charge in [-0.2, -0.15) is 16.9 Å². The normalized spacial score (nSPS) is 23.4. The average Bonchev–Trinajstić information content (AvgIpc) is 3.65. The Bertz CT molecular complexity index is 1710. The van der Waals surface area contributed by atoms with Crippen LogP contribution >= 0.6 is 36.1 Å². The first-order valence-corrected chi connectivity index (χ1v) is 22.8. The lowest BCUT2D eigenvalue weighted by Gasteiger charge is -2.30. The lowest BCUT2D eigenvalue weighted by atomic mass is 9.87. The van der Waals surface area contributed by atoms with Gasteiger partial charge in [0.25, 0.3) is 0 Å². The lowest BCUT2D eigenvalue weighted by Crippen LogP contribution is -2.46. The van der Waals surface area contributed by atoms with Crippen LogP contribution < -0.4 is 16.4 Å². The smallest absolute Gasteiger partial charge is 0.386 e. The molecule has 3 heterocycles. The fourth-order valence-corrected chi connectivity index (χ4v) is 8.49. The number of thiol groups is 1. The second kappa shape index (κ2) is 21.8. The summed E-state index contributed by atoms with van der Waals surface area (Å²) >= 11 is 3.95. The van der Waals surface area contributed by atoms with Crippen LogP contribution in [0.15, 0.2) is 12.7 Å². The molecule has 0 spiro atoms. The lowest BCUT2D eigenvalue weighted by molar-refractivity contribution is -0.137. The summed E-state index contributed by atoms with van der Waals surface area (Å²) in [5.41, 5.74) is 4.30. The summed E-state index contributed by atoms with van der Waals surface area (Å²) in [5.74, 6) is -0.943. The van der Waals surface area contributed by atoms with Crippen LogP contribution in [0.4, 0.5) is 5.82 Å². The van der Waals surface area contributed by atoms with E-state index in [4.69, 9.17) is 19.5 Å². The molecule has 56 heavy (non-hydrogen) atoms. The monoisotopic (exact) mass is 879 g/mol. The third kappa shape index (κ3) is 15.6. The molecule has 7 atom stereocenters. The van der Waals surface area contributed by atoms with Crippen LogP contribution in [-0.2, 0) is 45.9 Å². The molecule has 1 aliphatic heterocycles. The number of hydrogen-bond donors (Lipinski definition) is 10. The molecule has 1 saturated heterocycles. The number of fused-ring (bicyclic) bond motifs is 1. The molecule has 2 fully saturated rings. The Hall–Kier alpha value is -2.11. The van der Waals surface area contributed by atoms with Crippen molar-refractivity contribution in [2.45, 2.75) is 102 Å². The van der Waals surface area contributed by atoms with Gasteiger partial charge in [0, 0.05) is 30.7 Å². The van der Waals surface area contributed by atoms with Crippen LogP contribution in [0.3, 0.4) is 0 Å². The van der Waals surface area contributed by atoms with E-state index in [0.29, 0.717) is 12.3 Å². The molecule has 27 heteroatoms. The zero-order valence-corrected chi connectivity index (χ0v) is 34.4. The van der Waals surface area contributed by atoms with Gasteiger partial charge in [-0.25, -0.2) is 28.6 Å². The molecule has 0 aromatic carbocycles. The Kier molecular flexibility index (Phi) is 18.8. The van der Waals surface area contributed by atoms with E-state index >= 15 is 0 Å². The molecule has 2 aromatic rings. The van der Waals surface area contributed by atoms with Gasteiger partial charge < -0.3 is 50.9 Å². The Morgan fingerprint density at radius 2 is 1.57 bits per heavy atom. The first kappa shape index (κ1) is 48.3. The highest BCUT2D eigenvalue weighted by molar-refractivity contribution is 7.80. The van der Waals surface area contributed by atoms with Crippen molar-refractivity contribution in [1.82, 2.24) is 30.2 Å². The van der Waals surface area contributed by atoms with Gasteiger partial charge in [0.1, 0.15) is 36.3 Å². The van der Waals surface area contributed by atoms with Crippen molar-refractivity contribution in [3.63, 3.8) is 0 Å². The Morgan fingerprint density at radius 3 is 2.14 bits per heavy atom. The number of hydrogen-bond acceptors (Lipinski definition) is 17.